The first-order chi connectivity index (χ1) is 14.3. The summed E-state index contributed by atoms with van der Waals surface area (Å²) in [6.07, 6.45) is 6.23. The van der Waals surface area contributed by atoms with E-state index in [0.29, 0.717) is 42.5 Å². The third-order valence-electron chi connectivity index (χ3n) is 5.14. The number of Topliss-reactive ketones (excluding diaryl/α,β-unsaturated/α-hetero) is 1. The molecule has 2 aromatic rings. The summed E-state index contributed by atoms with van der Waals surface area (Å²) in [5.41, 5.74) is 2.06. The van der Waals surface area contributed by atoms with Crippen LogP contribution in [0.4, 0.5) is 11.5 Å². The number of nitrogens with one attached hydrogen (secondary N) is 1. The van der Waals surface area contributed by atoms with E-state index in [1.807, 2.05) is 0 Å². The number of carbonyl (C=O) groups excluding carboxylic acids is 2. The monoisotopic (exact) mass is 429 g/mol. The molecule has 1 aliphatic heterocycles. The Bertz CT molecular complexity index is 1080. The molecule has 0 radical (unpaired) electrons. The number of ether oxygens (including phenoxy) is 1. The van der Waals surface area contributed by atoms with E-state index in [4.69, 9.17) is 4.74 Å². The first-order valence-corrected chi connectivity index (χ1v) is 11.7. The second kappa shape index (κ2) is 8.06. The molecule has 1 saturated carbocycles. The van der Waals surface area contributed by atoms with Gasteiger partial charge in [-0.3, -0.25) is 9.10 Å². The van der Waals surface area contributed by atoms with Crippen molar-refractivity contribution in [3.05, 3.63) is 53.2 Å². The average Bonchev–Trinajstić information content (AvgIpc) is 3.54. The molecule has 1 aromatic carbocycles. The fraction of sp³-hybridized carbons (Fsp3) is 0.381. The van der Waals surface area contributed by atoms with E-state index in [1.165, 1.54) is 16.8 Å². The number of anilines is 2. The molecule has 4 rings (SSSR count). The topological polar surface area (TPSA) is 106 Å². The van der Waals surface area contributed by atoms with Gasteiger partial charge in [0.1, 0.15) is 5.82 Å². The maximum atomic E-state index is 12.5. The molecule has 1 N–H and O–H groups in total. The Morgan fingerprint density at radius 2 is 1.97 bits per heavy atom. The molecule has 30 heavy (non-hydrogen) atoms. The van der Waals surface area contributed by atoms with E-state index in [2.05, 4.69) is 10.3 Å². The predicted octanol–water partition coefficient (Wildman–Crippen LogP) is 2.41. The molecule has 0 atom stereocenters. The highest BCUT2D eigenvalue weighted by Gasteiger charge is 2.25. The number of rotatable bonds is 7. The lowest BCUT2D eigenvalue weighted by molar-refractivity contribution is 0.0474. The molecule has 0 bridgehead atoms. The number of hydrogen-bond acceptors (Lipinski definition) is 7. The zero-order valence-corrected chi connectivity index (χ0v) is 17.4. The Labute approximate surface area is 175 Å². The maximum absolute atomic E-state index is 12.5. The van der Waals surface area contributed by atoms with Gasteiger partial charge in [0.25, 0.3) is 0 Å². The van der Waals surface area contributed by atoms with Gasteiger partial charge in [0.15, 0.2) is 12.4 Å². The van der Waals surface area contributed by atoms with Crippen molar-refractivity contribution in [1.29, 1.82) is 0 Å². The molecule has 158 valence electrons. The average molecular weight is 429 g/mol. The van der Waals surface area contributed by atoms with Crippen LogP contribution in [0.15, 0.2) is 36.5 Å². The van der Waals surface area contributed by atoms with Crippen LogP contribution in [-0.2, 0) is 21.2 Å². The fourth-order valence-electron chi connectivity index (χ4n) is 3.42. The minimum absolute atomic E-state index is 0.276. The van der Waals surface area contributed by atoms with Crippen molar-refractivity contribution in [3.63, 3.8) is 0 Å². The largest absolute Gasteiger partial charge is 0.454 e. The zero-order chi connectivity index (χ0) is 21.3. The number of aryl methyl sites for hydroxylation is 1. The molecule has 0 unspecified atom stereocenters. The van der Waals surface area contributed by atoms with Crippen molar-refractivity contribution in [1.82, 2.24) is 4.98 Å². The molecule has 0 spiro atoms. The molecule has 9 heteroatoms. The van der Waals surface area contributed by atoms with Gasteiger partial charge in [0.2, 0.25) is 10.0 Å². The summed E-state index contributed by atoms with van der Waals surface area (Å²) in [5.74, 6) is -0.250. The van der Waals surface area contributed by atoms with Crippen molar-refractivity contribution in [3.8, 4) is 0 Å². The van der Waals surface area contributed by atoms with Crippen LogP contribution in [0.3, 0.4) is 0 Å². The molecule has 8 nitrogen and oxygen atoms in total. The molecule has 1 aromatic heterocycles. The number of carbonyl (C=O) groups is 2. The number of pyridine rings is 1. The Kier molecular flexibility index (Phi) is 5.46. The van der Waals surface area contributed by atoms with Crippen molar-refractivity contribution >= 4 is 33.3 Å². The fourth-order valence-corrected chi connectivity index (χ4v) is 4.41. The van der Waals surface area contributed by atoms with Gasteiger partial charge in [-0.05, 0) is 61.6 Å². The predicted molar refractivity (Wildman–Crippen MR) is 112 cm³/mol. The van der Waals surface area contributed by atoms with Gasteiger partial charge in [-0.25, -0.2) is 18.2 Å². The minimum atomic E-state index is -3.36. The Morgan fingerprint density at radius 1 is 1.20 bits per heavy atom. The molecule has 0 amide bonds. The van der Waals surface area contributed by atoms with E-state index < -0.39 is 22.6 Å². The third-order valence-corrected chi connectivity index (χ3v) is 6.32. The zero-order valence-electron chi connectivity index (χ0n) is 16.6. The normalized spacial score (nSPS) is 16.0. The van der Waals surface area contributed by atoms with Crippen LogP contribution < -0.4 is 9.62 Å². The van der Waals surface area contributed by atoms with E-state index in [-0.39, 0.29) is 11.3 Å². The number of benzene rings is 1. The Balaban J connectivity index is 1.38. The SMILES string of the molecule is CS(=O)(=O)N1CCCc2cc(C(=O)COC(=O)c3ccc(NC4CC4)nc3)ccc21. The van der Waals surface area contributed by atoms with Gasteiger partial charge in [-0.15, -0.1) is 0 Å². The number of aromatic nitrogens is 1. The van der Waals surface area contributed by atoms with Crippen LogP contribution >= 0.6 is 0 Å². The number of esters is 1. The van der Waals surface area contributed by atoms with Crippen molar-refractivity contribution in [2.24, 2.45) is 0 Å². The first-order valence-electron chi connectivity index (χ1n) is 9.85. The summed E-state index contributed by atoms with van der Waals surface area (Å²) in [6, 6.07) is 8.69. The van der Waals surface area contributed by atoms with Crippen molar-refractivity contribution in [2.45, 2.75) is 31.7 Å². The van der Waals surface area contributed by atoms with Crippen LogP contribution in [-0.4, -0.2) is 50.6 Å². The lowest BCUT2D eigenvalue weighted by Gasteiger charge is -2.29. The van der Waals surface area contributed by atoms with E-state index in [9.17, 15) is 18.0 Å². The van der Waals surface area contributed by atoms with Crippen LogP contribution in [0, 0.1) is 0 Å². The highest BCUT2D eigenvalue weighted by Crippen LogP contribution is 2.30. The number of ketones is 1. The molecule has 2 heterocycles. The maximum Gasteiger partial charge on any atom is 0.340 e. The smallest absolute Gasteiger partial charge is 0.340 e. The standard InChI is InChI=1S/C21H23N3O5S/c1-30(27,28)24-10-2-3-14-11-15(4-8-18(14)24)19(25)13-29-21(26)16-5-9-20(22-12-16)23-17-6-7-17/h4-5,8-9,11-12,17H,2-3,6-7,10,13H2,1H3,(H,22,23). The van der Waals surface area contributed by atoms with E-state index in [0.717, 1.165) is 18.4 Å². The second-order valence-electron chi connectivity index (χ2n) is 7.63. The molecule has 2 aliphatic rings. The number of fused-ring (bicyclic) bond motifs is 1. The van der Waals surface area contributed by atoms with Gasteiger partial charge < -0.3 is 10.1 Å². The van der Waals surface area contributed by atoms with Crippen molar-refractivity contribution in [2.75, 3.05) is 29.0 Å². The van der Waals surface area contributed by atoms with Crippen LogP contribution in [0.1, 0.15) is 45.5 Å². The minimum Gasteiger partial charge on any atom is -0.454 e. The Morgan fingerprint density at radius 3 is 2.63 bits per heavy atom. The highest BCUT2D eigenvalue weighted by atomic mass is 32.2. The summed E-state index contributed by atoms with van der Waals surface area (Å²) >= 11 is 0. The Hall–Kier alpha value is -2.94. The van der Waals surface area contributed by atoms with Gasteiger partial charge in [-0.1, -0.05) is 0 Å². The molecular formula is C21H23N3O5S. The van der Waals surface area contributed by atoms with Gasteiger partial charge >= 0.3 is 5.97 Å². The van der Waals surface area contributed by atoms with Crippen molar-refractivity contribution < 1.29 is 22.7 Å². The number of nitrogens with zero attached hydrogens (tertiary/aromatic N) is 2. The molecule has 1 fully saturated rings. The van der Waals surface area contributed by atoms with E-state index >= 15 is 0 Å². The number of hydrogen-bond donors (Lipinski definition) is 1. The summed E-state index contributed by atoms with van der Waals surface area (Å²) in [5, 5.41) is 3.23. The van der Waals surface area contributed by atoms with Gasteiger partial charge in [-0.2, -0.15) is 0 Å². The first kappa shape index (κ1) is 20.3. The van der Waals surface area contributed by atoms with Crippen LogP contribution in [0.5, 0.6) is 0 Å². The third kappa shape index (κ3) is 4.62. The number of sulfonamides is 1. The molecule has 1 aliphatic carbocycles. The van der Waals surface area contributed by atoms with Crippen LogP contribution in [0.2, 0.25) is 0 Å². The highest BCUT2D eigenvalue weighted by molar-refractivity contribution is 7.92. The lowest BCUT2D eigenvalue weighted by atomic mass is 9.99. The summed E-state index contributed by atoms with van der Waals surface area (Å²) < 4.78 is 30.4. The second-order valence-corrected chi connectivity index (χ2v) is 9.54. The lowest BCUT2D eigenvalue weighted by Crippen LogP contribution is -2.34. The van der Waals surface area contributed by atoms with Gasteiger partial charge in [0.05, 0.1) is 17.5 Å². The summed E-state index contributed by atoms with van der Waals surface area (Å²) in [4.78, 5) is 28.9. The molecule has 0 saturated heterocycles. The molecular weight excluding hydrogens is 406 g/mol. The quantitative estimate of drug-likeness (QED) is 0.532. The van der Waals surface area contributed by atoms with Gasteiger partial charge in [0, 0.05) is 24.3 Å². The van der Waals surface area contributed by atoms with Crippen LogP contribution in [0.25, 0.3) is 0 Å². The summed E-state index contributed by atoms with van der Waals surface area (Å²) in [7, 11) is -3.36. The van der Waals surface area contributed by atoms with E-state index in [1.54, 1.807) is 30.3 Å². The summed E-state index contributed by atoms with van der Waals surface area (Å²) in [6.45, 7) is 0.0369.